The van der Waals surface area contributed by atoms with Crippen LogP contribution in [-0.2, 0) is 11.3 Å². The minimum Gasteiger partial charge on any atom is -0.339 e. The Morgan fingerprint density at radius 1 is 1.27 bits per heavy atom. The molecule has 1 aliphatic heterocycles. The third-order valence-electron chi connectivity index (χ3n) is 4.04. The molecule has 0 atom stereocenters. The van der Waals surface area contributed by atoms with Crippen LogP contribution < -0.4 is 5.73 Å². The molecular weight excluding hydrogens is 300 g/mol. The maximum Gasteiger partial charge on any atom is 0.236 e. The van der Waals surface area contributed by atoms with Gasteiger partial charge in [-0.1, -0.05) is 17.7 Å². The van der Waals surface area contributed by atoms with Crippen LogP contribution >= 0.6 is 11.6 Å². The third kappa shape index (κ3) is 3.21. The van der Waals surface area contributed by atoms with Crippen molar-refractivity contribution in [2.45, 2.75) is 6.54 Å². The summed E-state index contributed by atoms with van der Waals surface area (Å²) < 4.78 is 0. The number of nitrogens with zero attached hydrogens (tertiary/aromatic N) is 3. The van der Waals surface area contributed by atoms with Crippen molar-refractivity contribution < 1.29 is 4.79 Å². The van der Waals surface area contributed by atoms with E-state index < -0.39 is 0 Å². The van der Waals surface area contributed by atoms with Crippen molar-refractivity contribution in [1.29, 1.82) is 0 Å². The molecule has 5 nitrogen and oxygen atoms in total. The molecule has 1 aromatic heterocycles. The lowest BCUT2D eigenvalue weighted by atomic mass is 10.1. The van der Waals surface area contributed by atoms with Crippen LogP contribution in [0.4, 0.5) is 0 Å². The highest BCUT2D eigenvalue weighted by Gasteiger charge is 2.20. The van der Waals surface area contributed by atoms with Crippen LogP contribution in [0.25, 0.3) is 10.9 Å². The Morgan fingerprint density at radius 2 is 2.05 bits per heavy atom. The number of fused-ring (bicyclic) bond motifs is 1. The van der Waals surface area contributed by atoms with E-state index in [4.69, 9.17) is 17.3 Å². The first kappa shape index (κ1) is 15.2. The van der Waals surface area contributed by atoms with Crippen molar-refractivity contribution >= 4 is 28.4 Å². The van der Waals surface area contributed by atoms with Gasteiger partial charge in [0, 0.05) is 49.3 Å². The van der Waals surface area contributed by atoms with Gasteiger partial charge in [-0.05, 0) is 23.8 Å². The van der Waals surface area contributed by atoms with Gasteiger partial charge in [0.25, 0.3) is 0 Å². The van der Waals surface area contributed by atoms with Gasteiger partial charge in [0.1, 0.15) is 0 Å². The highest BCUT2D eigenvalue weighted by Crippen LogP contribution is 2.23. The number of nitrogens with two attached hydrogens (primary N) is 1. The monoisotopic (exact) mass is 318 g/mol. The van der Waals surface area contributed by atoms with Crippen molar-refractivity contribution in [2.24, 2.45) is 5.73 Å². The second kappa shape index (κ2) is 6.60. The number of halogens is 1. The van der Waals surface area contributed by atoms with Crippen molar-refractivity contribution in [1.82, 2.24) is 14.8 Å². The molecular formula is C16H19ClN4O. The fraction of sp³-hybridized carbons (Fsp3) is 0.375. The molecule has 1 fully saturated rings. The minimum absolute atomic E-state index is 0.0227. The highest BCUT2D eigenvalue weighted by atomic mass is 35.5. The van der Waals surface area contributed by atoms with E-state index in [0.717, 1.165) is 54.2 Å². The lowest BCUT2D eigenvalue weighted by Gasteiger charge is -2.34. The summed E-state index contributed by atoms with van der Waals surface area (Å²) in [6.07, 6.45) is 1.80. The van der Waals surface area contributed by atoms with E-state index in [9.17, 15) is 4.79 Å². The van der Waals surface area contributed by atoms with Gasteiger partial charge >= 0.3 is 0 Å². The Hall–Kier alpha value is -1.69. The van der Waals surface area contributed by atoms with Crippen molar-refractivity contribution in [2.75, 3.05) is 32.7 Å². The molecule has 2 N–H and O–H groups in total. The van der Waals surface area contributed by atoms with Gasteiger partial charge in [-0.25, -0.2) is 0 Å². The van der Waals surface area contributed by atoms with Crippen LogP contribution in [0.1, 0.15) is 5.56 Å². The Labute approximate surface area is 134 Å². The zero-order chi connectivity index (χ0) is 15.5. The molecule has 2 heterocycles. The molecule has 0 radical (unpaired) electrons. The summed E-state index contributed by atoms with van der Waals surface area (Å²) in [6, 6.07) is 7.86. The van der Waals surface area contributed by atoms with Crippen LogP contribution in [0, 0.1) is 0 Å². The smallest absolute Gasteiger partial charge is 0.236 e. The fourth-order valence-corrected chi connectivity index (χ4v) is 3.12. The summed E-state index contributed by atoms with van der Waals surface area (Å²) in [5, 5.41) is 1.79. The van der Waals surface area contributed by atoms with E-state index in [2.05, 4.69) is 9.88 Å². The number of rotatable bonds is 3. The lowest BCUT2D eigenvalue weighted by Crippen LogP contribution is -2.49. The fourth-order valence-electron chi connectivity index (χ4n) is 2.87. The molecule has 0 unspecified atom stereocenters. The van der Waals surface area contributed by atoms with E-state index in [1.165, 1.54) is 0 Å². The number of piperazine rings is 1. The Bertz CT molecular complexity index is 683. The zero-order valence-electron chi connectivity index (χ0n) is 12.3. The Morgan fingerprint density at radius 3 is 2.77 bits per heavy atom. The summed E-state index contributed by atoms with van der Waals surface area (Å²) in [7, 11) is 0. The Kier molecular flexibility index (Phi) is 4.57. The van der Waals surface area contributed by atoms with E-state index in [0.29, 0.717) is 0 Å². The topological polar surface area (TPSA) is 62.5 Å². The number of hydrogen-bond donors (Lipinski definition) is 1. The molecule has 1 saturated heterocycles. The molecule has 0 bridgehead atoms. The lowest BCUT2D eigenvalue weighted by molar-refractivity contribution is -0.131. The van der Waals surface area contributed by atoms with E-state index in [1.807, 2.05) is 29.2 Å². The van der Waals surface area contributed by atoms with Crippen molar-refractivity contribution in [3.63, 3.8) is 0 Å². The molecule has 22 heavy (non-hydrogen) atoms. The number of pyridine rings is 1. The molecule has 1 aromatic carbocycles. The normalized spacial score (nSPS) is 16.2. The van der Waals surface area contributed by atoms with Crippen LogP contribution in [0.5, 0.6) is 0 Å². The molecule has 1 aliphatic rings. The SMILES string of the molecule is NCC(=O)N1CCN(Cc2cc(Cl)cc3cccnc23)CC1. The van der Waals surface area contributed by atoms with Gasteiger partial charge in [0.05, 0.1) is 12.1 Å². The Balaban J connectivity index is 1.73. The maximum atomic E-state index is 11.6. The number of amides is 1. The predicted molar refractivity (Wildman–Crippen MR) is 87.7 cm³/mol. The maximum absolute atomic E-state index is 11.6. The van der Waals surface area contributed by atoms with Crippen molar-refractivity contribution in [3.05, 3.63) is 41.0 Å². The first-order chi connectivity index (χ1) is 10.7. The van der Waals surface area contributed by atoms with Gasteiger partial charge in [-0.2, -0.15) is 0 Å². The van der Waals surface area contributed by atoms with Gasteiger partial charge in [0.2, 0.25) is 5.91 Å². The highest BCUT2D eigenvalue weighted by molar-refractivity contribution is 6.31. The number of aromatic nitrogens is 1. The average Bonchev–Trinajstić information content (AvgIpc) is 2.54. The largest absolute Gasteiger partial charge is 0.339 e. The number of carbonyl (C=O) groups is 1. The predicted octanol–water partition coefficient (Wildman–Crippen LogP) is 1.49. The van der Waals surface area contributed by atoms with Crippen LogP contribution in [0.2, 0.25) is 5.02 Å². The summed E-state index contributed by atoms with van der Waals surface area (Å²) in [4.78, 5) is 20.2. The molecule has 116 valence electrons. The zero-order valence-corrected chi connectivity index (χ0v) is 13.1. The van der Waals surface area contributed by atoms with E-state index >= 15 is 0 Å². The molecule has 1 amide bonds. The molecule has 3 rings (SSSR count). The van der Waals surface area contributed by atoms with E-state index in [1.54, 1.807) is 6.20 Å². The number of hydrogen-bond acceptors (Lipinski definition) is 4. The summed E-state index contributed by atoms with van der Waals surface area (Å²) in [5.74, 6) is 0.0227. The molecule has 6 heteroatoms. The van der Waals surface area contributed by atoms with E-state index in [-0.39, 0.29) is 12.5 Å². The van der Waals surface area contributed by atoms with Gasteiger partial charge in [-0.3, -0.25) is 14.7 Å². The average molecular weight is 319 g/mol. The van der Waals surface area contributed by atoms with Gasteiger partial charge in [0.15, 0.2) is 0 Å². The first-order valence-corrected chi connectivity index (χ1v) is 7.78. The third-order valence-corrected chi connectivity index (χ3v) is 4.26. The second-order valence-corrected chi connectivity index (χ2v) is 5.94. The van der Waals surface area contributed by atoms with Crippen LogP contribution in [-0.4, -0.2) is 53.4 Å². The molecule has 0 spiro atoms. The standard InChI is InChI=1S/C16H19ClN4O/c17-14-8-12-2-1-3-19-16(12)13(9-14)11-20-4-6-21(7-5-20)15(22)10-18/h1-3,8-9H,4-7,10-11,18H2. The number of benzene rings is 1. The summed E-state index contributed by atoms with van der Waals surface area (Å²) >= 11 is 6.21. The molecule has 2 aromatic rings. The molecule has 0 saturated carbocycles. The number of carbonyl (C=O) groups excluding carboxylic acids is 1. The van der Waals surface area contributed by atoms with Crippen LogP contribution in [0.3, 0.4) is 0 Å². The molecule has 0 aliphatic carbocycles. The summed E-state index contributed by atoms with van der Waals surface area (Å²) in [6.45, 7) is 4.00. The van der Waals surface area contributed by atoms with Crippen molar-refractivity contribution in [3.8, 4) is 0 Å². The minimum atomic E-state index is 0.0227. The van der Waals surface area contributed by atoms with Crippen LogP contribution in [0.15, 0.2) is 30.5 Å². The first-order valence-electron chi connectivity index (χ1n) is 7.41. The summed E-state index contributed by atoms with van der Waals surface area (Å²) in [5.41, 5.74) is 7.53. The van der Waals surface area contributed by atoms with Gasteiger partial charge < -0.3 is 10.6 Å². The quantitative estimate of drug-likeness (QED) is 0.931. The second-order valence-electron chi connectivity index (χ2n) is 5.50. The van der Waals surface area contributed by atoms with Gasteiger partial charge in [-0.15, -0.1) is 0 Å².